The molecule has 4 saturated heterocycles. The maximum Gasteiger partial charge on any atom is 0.273 e. The molecule has 0 radical (unpaired) electrons. The van der Waals surface area contributed by atoms with Gasteiger partial charge in [-0.1, -0.05) is 0 Å². The lowest BCUT2D eigenvalue weighted by atomic mass is 10.1. The van der Waals surface area contributed by atoms with Gasteiger partial charge in [-0.05, 0) is 93.9 Å². The number of aromatic nitrogens is 4. The van der Waals surface area contributed by atoms with Crippen molar-refractivity contribution in [1.29, 1.82) is 0 Å². The third-order valence-electron chi connectivity index (χ3n) is 17.1. The van der Waals surface area contributed by atoms with Crippen LogP contribution in [0.2, 0.25) is 0 Å². The van der Waals surface area contributed by atoms with Gasteiger partial charge in [0.05, 0.1) is 197 Å². The summed E-state index contributed by atoms with van der Waals surface area (Å²) in [5.41, 5.74) is 0.308. The molecule has 4 fully saturated rings. The van der Waals surface area contributed by atoms with Crippen LogP contribution in [0.15, 0.2) is 0 Å². The number of carbonyl (C=O) groups is 4. The van der Waals surface area contributed by atoms with E-state index in [1.165, 1.54) is 0 Å². The molecule has 2 amide bonds. The first-order valence-corrected chi connectivity index (χ1v) is 40.6. The van der Waals surface area contributed by atoms with Crippen LogP contribution in [0.25, 0.3) is 0 Å². The molecule has 6 heterocycles. The van der Waals surface area contributed by atoms with E-state index in [1.54, 1.807) is 28.4 Å². The van der Waals surface area contributed by atoms with Crippen molar-refractivity contribution in [2.75, 3.05) is 300 Å². The van der Waals surface area contributed by atoms with Crippen LogP contribution in [0.3, 0.4) is 0 Å². The Balaban J connectivity index is 0.000000414. The van der Waals surface area contributed by atoms with Gasteiger partial charge in [0, 0.05) is 107 Å². The van der Waals surface area contributed by atoms with Crippen LogP contribution in [-0.4, -0.2) is 370 Å². The van der Waals surface area contributed by atoms with Gasteiger partial charge in [0.1, 0.15) is 12.2 Å². The Morgan fingerprint density at radius 1 is 0.302 bits per heavy atom. The van der Waals surface area contributed by atoms with Gasteiger partial charge in [0.25, 0.3) is 11.8 Å². The molecule has 2 aromatic rings. The molecule has 6 rings (SSSR count). The first-order valence-electron chi connectivity index (χ1n) is 40.6. The van der Waals surface area contributed by atoms with Gasteiger partial charge in [-0.3, -0.25) is 19.2 Å². The molecule has 668 valence electrons. The minimum Gasteiger partial charge on any atom is -0.382 e. The maximum absolute atomic E-state index is 13.8. The molecule has 2 aromatic heterocycles. The fraction of sp³-hybridized carbons (Fsp3) is 0.846. The van der Waals surface area contributed by atoms with Crippen LogP contribution in [0.5, 0.6) is 0 Å². The molecule has 4 aliphatic heterocycles. The van der Waals surface area contributed by atoms with Crippen LogP contribution in [0.4, 0.5) is 23.3 Å². The Morgan fingerprint density at radius 3 is 0.733 bits per heavy atom. The molecule has 4 atom stereocenters. The van der Waals surface area contributed by atoms with Crippen LogP contribution >= 0.6 is 0 Å². The summed E-state index contributed by atoms with van der Waals surface area (Å²) in [4.78, 5) is 73.9. The standard InChI is InChI=1S/2C39H69N5O14/c2*1-38(2)55-28-30(57-38)9-10-32(45)33-35(40-11-7-13-49-19-21-53-25-23-51-17-15-47-5)44-34(37(46)42-27-31-29-56-39(3,4)58-31)36(43-33)41-12-8-14-50-20-22-54-26-24-52-18-16-48-6/h2*30-31H,7-29H2,1-6H3,(H,40,44)(H,41,43)(H,42,46). The van der Waals surface area contributed by atoms with E-state index >= 15 is 0 Å². The molecule has 116 heavy (non-hydrogen) atoms. The molecule has 0 aliphatic carbocycles. The van der Waals surface area contributed by atoms with Crippen molar-refractivity contribution < 1.29 is 133 Å². The van der Waals surface area contributed by atoms with Crippen molar-refractivity contribution in [3.8, 4) is 0 Å². The Morgan fingerprint density at radius 2 is 0.509 bits per heavy atom. The predicted molar refractivity (Wildman–Crippen MR) is 425 cm³/mol. The van der Waals surface area contributed by atoms with Gasteiger partial charge in [-0.25, -0.2) is 19.9 Å². The molecule has 38 heteroatoms. The van der Waals surface area contributed by atoms with E-state index in [0.29, 0.717) is 276 Å². The van der Waals surface area contributed by atoms with E-state index < -0.39 is 35.0 Å². The number of nitrogens with one attached hydrogen (secondary N) is 6. The molecule has 0 spiro atoms. The molecule has 0 aromatic carbocycles. The fourth-order valence-electron chi connectivity index (χ4n) is 11.3. The van der Waals surface area contributed by atoms with Gasteiger partial charge < -0.3 is 146 Å². The largest absolute Gasteiger partial charge is 0.382 e. The highest BCUT2D eigenvalue weighted by atomic mass is 16.8. The molecule has 6 N–H and O–H groups in total. The Hall–Kier alpha value is -5.32. The summed E-state index contributed by atoms with van der Waals surface area (Å²) in [5, 5.41) is 18.7. The fourth-order valence-corrected chi connectivity index (χ4v) is 11.3. The number of ketones is 2. The first-order chi connectivity index (χ1) is 56.1. The Kier molecular flexibility index (Phi) is 52.6. The van der Waals surface area contributed by atoms with Crippen LogP contribution in [0, 0.1) is 0 Å². The minimum atomic E-state index is -0.741. The number of rotatable bonds is 70. The summed E-state index contributed by atoms with van der Waals surface area (Å²) in [5.74, 6) is -3.57. The molecular weight excluding hydrogens is 1520 g/mol. The number of Topliss-reactive ketones (excluding diaryl/α,β-unsaturated/α-hetero) is 2. The summed E-state index contributed by atoms with van der Waals surface area (Å²) < 4.78 is 133. The second-order valence-corrected chi connectivity index (χ2v) is 28.8. The van der Waals surface area contributed by atoms with E-state index in [-0.39, 0.29) is 108 Å². The number of nitrogens with zero attached hydrogens (tertiary/aromatic N) is 4. The van der Waals surface area contributed by atoms with Crippen LogP contribution in [-0.2, 0) is 114 Å². The lowest BCUT2D eigenvalue weighted by Gasteiger charge is -2.19. The van der Waals surface area contributed by atoms with Crippen molar-refractivity contribution in [3.05, 3.63) is 22.8 Å². The van der Waals surface area contributed by atoms with Crippen molar-refractivity contribution in [1.82, 2.24) is 30.6 Å². The van der Waals surface area contributed by atoms with Gasteiger partial charge in [-0.15, -0.1) is 0 Å². The molecular formula is C78H138N10O28. The lowest BCUT2D eigenvalue weighted by molar-refractivity contribution is -0.139. The van der Waals surface area contributed by atoms with E-state index in [1.807, 2.05) is 55.4 Å². The average molecular weight is 1660 g/mol. The second-order valence-electron chi connectivity index (χ2n) is 28.8. The van der Waals surface area contributed by atoms with Crippen molar-refractivity contribution >= 4 is 46.7 Å². The Labute approximate surface area is 685 Å². The highest BCUT2D eigenvalue weighted by Gasteiger charge is 2.38. The molecule has 0 bridgehead atoms. The number of methoxy groups -OCH3 is 4. The number of amides is 2. The highest BCUT2D eigenvalue weighted by Crippen LogP contribution is 2.30. The maximum atomic E-state index is 13.8. The number of ether oxygens (including phenoxy) is 24. The van der Waals surface area contributed by atoms with E-state index in [4.69, 9.17) is 134 Å². The highest BCUT2D eigenvalue weighted by molar-refractivity contribution is 6.03. The molecule has 0 saturated carbocycles. The summed E-state index contributed by atoms with van der Waals surface area (Å²) in [7, 11) is 6.51. The minimum absolute atomic E-state index is 0.0353. The van der Waals surface area contributed by atoms with Crippen LogP contribution < -0.4 is 31.9 Å². The lowest BCUT2D eigenvalue weighted by Crippen LogP contribution is -2.35. The van der Waals surface area contributed by atoms with Gasteiger partial charge in [-0.2, -0.15) is 0 Å². The predicted octanol–water partition coefficient (Wildman–Crippen LogP) is 4.94. The third kappa shape index (κ3) is 45.4. The zero-order valence-corrected chi connectivity index (χ0v) is 71.1. The monoisotopic (exact) mass is 1660 g/mol. The summed E-state index contributed by atoms with van der Waals surface area (Å²) in [6.07, 6.45) is 2.40. The van der Waals surface area contributed by atoms with Gasteiger partial charge in [0.15, 0.2) is 80.8 Å². The smallest absolute Gasteiger partial charge is 0.273 e. The second kappa shape index (κ2) is 60.2. The number of carbonyl (C=O) groups excluding carboxylic acids is 4. The summed E-state index contributed by atoms with van der Waals surface area (Å²) in [6, 6.07) is 0. The van der Waals surface area contributed by atoms with E-state index in [2.05, 4.69) is 31.9 Å². The SMILES string of the molecule is COCCOCCOCCOCCCNc1nc(C(=O)NCC2COC(C)(C)O2)c(NCCCOCCOCCOCCOC)nc1C(=O)CCC1COC(C)(C)O1.COCCOCCOCCOCCCNc1nc(C(=O)NCC2COC(C)(C)O2)c(NCCCOCCOCCOCCOC)nc1C(=O)CCC1COC(C)(C)O1. The number of hydrogen-bond donors (Lipinski definition) is 6. The number of hydrogen-bond acceptors (Lipinski definition) is 36. The summed E-state index contributed by atoms with van der Waals surface area (Å²) >= 11 is 0. The van der Waals surface area contributed by atoms with Crippen molar-refractivity contribution in [2.45, 2.75) is 154 Å². The third-order valence-corrected chi connectivity index (χ3v) is 17.1. The van der Waals surface area contributed by atoms with Crippen LogP contribution in [0.1, 0.15) is 149 Å². The molecule has 38 nitrogen and oxygen atoms in total. The van der Waals surface area contributed by atoms with E-state index in [9.17, 15) is 19.2 Å². The van der Waals surface area contributed by atoms with Crippen molar-refractivity contribution in [3.63, 3.8) is 0 Å². The summed E-state index contributed by atoms with van der Waals surface area (Å²) in [6.45, 7) is 31.4. The molecule has 4 unspecified atom stereocenters. The normalized spacial score (nSPS) is 18.4. The van der Waals surface area contributed by atoms with Gasteiger partial charge >= 0.3 is 0 Å². The Bertz CT molecular complexity index is 2590. The van der Waals surface area contributed by atoms with E-state index in [0.717, 1.165) is 0 Å². The topological polar surface area (TPSA) is 414 Å². The van der Waals surface area contributed by atoms with Gasteiger partial charge in [0.2, 0.25) is 0 Å². The molecule has 4 aliphatic rings. The number of anilines is 4. The first kappa shape index (κ1) is 101. The van der Waals surface area contributed by atoms with Crippen molar-refractivity contribution in [2.24, 2.45) is 0 Å². The zero-order valence-electron chi connectivity index (χ0n) is 71.1. The zero-order chi connectivity index (χ0) is 83.8. The quantitative estimate of drug-likeness (QED) is 0.0377. The average Bonchev–Trinajstić information content (AvgIpc) is 0.865.